The standard InChI is InChI=1S/C16H14N6O2/c1-10(23)18-11-5-4-6-12(9-11)19-21-15-14(20-22-16(15)24)13-7-2-3-8-17-13/h2-9H,1H3,(H,18,23)(H2,20,22,24). The van der Waals surface area contributed by atoms with E-state index in [2.05, 4.69) is 30.7 Å². The molecular weight excluding hydrogens is 308 g/mol. The fraction of sp³-hybridized carbons (Fsp3) is 0.0625. The van der Waals surface area contributed by atoms with Gasteiger partial charge in [-0.15, -0.1) is 5.11 Å². The predicted molar refractivity (Wildman–Crippen MR) is 89.6 cm³/mol. The zero-order valence-electron chi connectivity index (χ0n) is 12.8. The highest BCUT2D eigenvalue weighted by Gasteiger charge is 2.12. The maximum atomic E-state index is 11.9. The van der Waals surface area contributed by atoms with E-state index < -0.39 is 5.56 Å². The first-order valence-electron chi connectivity index (χ1n) is 7.15. The number of H-pyrrole nitrogens is 2. The molecule has 0 radical (unpaired) electrons. The molecule has 0 atom stereocenters. The molecule has 0 saturated heterocycles. The van der Waals surface area contributed by atoms with Crippen LogP contribution in [-0.4, -0.2) is 21.1 Å². The van der Waals surface area contributed by atoms with Crippen molar-refractivity contribution in [2.45, 2.75) is 6.92 Å². The number of pyridine rings is 1. The number of aromatic amines is 2. The third-order valence-corrected chi connectivity index (χ3v) is 3.11. The number of anilines is 1. The van der Waals surface area contributed by atoms with Crippen molar-refractivity contribution in [2.24, 2.45) is 10.2 Å². The Hall–Kier alpha value is -3.55. The van der Waals surface area contributed by atoms with E-state index in [1.165, 1.54) is 6.92 Å². The molecule has 3 N–H and O–H groups in total. The van der Waals surface area contributed by atoms with Crippen LogP contribution in [-0.2, 0) is 4.79 Å². The van der Waals surface area contributed by atoms with Crippen LogP contribution in [0.15, 0.2) is 63.7 Å². The monoisotopic (exact) mass is 322 g/mol. The Balaban J connectivity index is 1.92. The van der Waals surface area contributed by atoms with Crippen molar-refractivity contribution in [1.29, 1.82) is 0 Å². The normalized spacial score (nSPS) is 10.9. The maximum Gasteiger partial charge on any atom is 0.292 e. The zero-order valence-corrected chi connectivity index (χ0v) is 12.8. The second-order valence-corrected chi connectivity index (χ2v) is 4.95. The van der Waals surface area contributed by atoms with Crippen LogP contribution >= 0.6 is 0 Å². The Morgan fingerprint density at radius 3 is 2.75 bits per heavy atom. The number of nitrogens with one attached hydrogen (secondary N) is 3. The topological polar surface area (TPSA) is 115 Å². The van der Waals surface area contributed by atoms with E-state index in [1.54, 1.807) is 42.6 Å². The summed E-state index contributed by atoms with van der Waals surface area (Å²) in [6.45, 7) is 1.42. The van der Waals surface area contributed by atoms with Crippen LogP contribution in [0.4, 0.5) is 17.1 Å². The first-order valence-corrected chi connectivity index (χ1v) is 7.15. The Kier molecular flexibility index (Phi) is 4.28. The van der Waals surface area contributed by atoms with Crippen LogP contribution in [0.1, 0.15) is 6.92 Å². The van der Waals surface area contributed by atoms with Gasteiger partial charge in [-0.05, 0) is 30.3 Å². The smallest absolute Gasteiger partial charge is 0.292 e. The Bertz CT molecular complexity index is 942. The van der Waals surface area contributed by atoms with E-state index in [4.69, 9.17) is 0 Å². The van der Waals surface area contributed by atoms with Crippen molar-refractivity contribution < 1.29 is 4.79 Å². The second-order valence-electron chi connectivity index (χ2n) is 4.95. The van der Waals surface area contributed by atoms with Crippen LogP contribution in [0.5, 0.6) is 0 Å². The van der Waals surface area contributed by atoms with Gasteiger partial charge < -0.3 is 5.32 Å². The molecule has 3 rings (SSSR count). The molecule has 0 saturated carbocycles. The summed E-state index contributed by atoms with van der Waals surface area (Å²) in [7, 11) is 0. The van der Waals surface area contributed by atoms with E-state index in [1.807, 2.05) is 6.07 Å². The third-order valence-electron chi connectivity index (χ3n) is 3.11. The fourth-order valence-corrected chi connectivity index (χ4v) is 2.10. The molecule has 0 spiro atoms. The number of carbonyl (C=O) groups is 1. The van der Waals surface area contributed by atoms with E-state index >= 15 is 0 Å². The average Bonchev–Trinajstić information content (AvgIpc) is 2.94. The Morgan fingerprint density at radius 1 is 1.12 bits per heavy atom. The lowest BCUT2D eigenvalue weighted by Gasteiger charge is -2.01. The quantitative estimate of drug-likeness (QED) is 0.641. The van der Waals surface area contributed by atoms with Crippen molar-refractivity contribution in [1.82, 2.24) is 15.2 Å². The van der Waals surface area contributed by atoms with E-state index in [0.29, 0.717) is 22.8 Å². The van der Waals surface area contributed by atoms with Gasteiger partial charge >= 0.3 is 0 Å². The second kappa shape index (κ2) is 6.69. The van der Waals surface area contributed by atoms with Crippen LogP contribution in [0, 0.1) is 0 Å². The van der Waals surface area contributed by atoms with Crippen LogP contribution < -0.4 is 10.9 Å². The average molecular weight is 322 g/mol. The van der Waals surface area contributed by atoms with Gasteiger partial charge in [-0.25, -0.2) is 0 Å². The van der Waals surface area contributed by atoms with Gasteiger partial charge in [0.2, 0.25) is 5.91 Å². The van der Waals surface area contributed by atoms with Gasteiger partial charge in [-0.1, -0.05) is 12.1 Å². The highest BCUT2D eigenvalue weighted by atomic mass is 16.1. The molecule has 0 aliphatic rings. The van der Waals surface area contributed by atoms with E-state index in [9.17, 15) is 9.59 Å². The van der Waals surface area contributed by atoms with Gasteiger partial charge in [-0.2, -0.15) is 5.11 Å². The summed E-state index contributed by atoms with van der Waals surface area (Å²) in [5.41, 5.74) is 1.90. The summed E-state index contributed by atoms with van der Waals surface area (Å²) in [6, 6.07) is 12.2. The molecule has 3 aromatic rings. The lowest BCUT2D eigenvalue weighted by Crippen LogP contribution is -2.05. The molecule has 2 aromatic heterocycles. The largest absolute Gasteiger partial charge is 0.326 e. The van der Waals surface area contributed by atoms with Gasteiger partial charge in [0.05, 0.1) is 11.4 Å². The Morgan fingerprint density at radius 2 is 2.00 bits per heavy atom. The maximum absolute atomic E-state index is 11.9. The summed E-state index contributed by atoms with van der Waals surface area (Å²) in [4.78, 5) is 27.2. The first-order chi connectivity index (χ1) is 11.6. The van der Waals surface area contributed by atoms with Gasteiger partial charge in [-0.3, -0.25) is 24.8 Å². The molecule has 1 aromatic carbocycles. The molecule has 2 heterocycles. The minimum Gasteiger partial charge on any atom is -0.326 e. The number of nitrogens with zero attached hydrogens (tertiary/aromatic N) is 3. The van der Waals surface area contributed by atoms with Crippen molar-refractivity contribution >= 4 is 23.0 Å². The van der Waals surface area contributed by atoms with Gasteiger partial charge in [0.25, 0.3) is 5.56 Å². The Labute approximate surface area is 136 Å². The third kappa shape index (κ3) is 3.43. The molecule has 0 unspecified atom stereocenters. The zero-order chi connectivity index (χ0) is 16.9. The van der Waals surface area contributed by atoms with Crippen molar-refractivity contribution in [2.75, 3.05) is 5.32 Å². The number of aromatic nitrogens is 3. The highest BCUT2D eigenvalue weighted by Crippen LogP contribution is 2.25. The molecular formula is C16H14N6O2. The summed E-state index contributed by atoms with van der Waals surface area (Å²) in [5.74, 6) is -0.177. The molecule has 0 bridgehead atoms. The highest BCUT2D eigenvalue weighted by molar-refractivity contribution is 5.89. The van der Waals surface area contributed by atoms with Crippen LogP contribution in [0.2, 0.25) is 0 Å². The minimum atomic E-state index is -0.391. The van der Waals surface area contributed by atoms with Gasteiger partial charge in [0.15, 0.2) is 5.69 Å². The molecule has 24 heavy (non-hydrogen) atoms. The number of azo groups is 1. The SMILES string of the molecule is CC(=O)Nc1cccc(N=Nc2c(-c3ccccn3)[nH][nH]c2=O)c1. The molecule has 8 heteroatoms. The predicted octanol–water partition coefficient (Wildman–Crippen LogP) is 3.14. The molecule has 0 fully saturated rings. The van der Waals surface area contributed by atoms with E-state index in [0.717, 1.165) is 0 Å². The van der Waals surface area contributed by atoms with Crippen molar-refractivity contribution in [3.8, 4) is 11.4 Å². The number of carbonyl (C=O) groups excluding carboxylic acids is 1. The number of amides is 1. The molecule has 0 aliphatic heterocycles. The summed E-state index contributed by atoms with van der Waals surface area (Å²) in [6.07, 6.45) is 1.62. The molecule has 8 nitrogen and oxygen atoms in total. The fourth-order valence-electron chi connectivity index (χ4n) is 2.10. The first kappa shape index (κ1) is 15.3. The van der Waals surface area contributed by atoms with Gasteiger partial charge in [0, 0.05) is 18.8 Å². The minimum absolute atomic E-state index is 0.138. The molecule has 0 aliphatic carbocycles. The molecule has 120 valence electrons. The van der Waals surface area contributed by atoms with Crippen LogP contribution in [0.3, 0.4) is 0 Å². The number of benzene rings is 1. The summed E-state index contributed by atoms with van der Waals surface area (Å²) in [5, 5.41) is 16.0. The number of hydrogen-bond donors (Lipinski definition) is 3. The van der Waals surface area contributed by atoms with Crippen LogP contribution in [0.25, 0.3) is 11.4 Å². The number of rotatable bonds is 4. The van der Waals surface area contributed by atoms with Crippen molar-refractivity contribution in [3.05, 3.63) is 59.0 Å². The lowest BCUT2D eigenvalue weighted by molar-refractivity contribution is -0.114. The van der Waals surface area contributed by atoms with E-state index in [-0.39, 0.29) is 11.6 Å². The lowest BCUT2D eigenvalue weighted by atomic mass is 10.2. The summed E-state index contributed by atoms with van der Waals surface area (Å²) >= 11 is 0. The van der Waals surface area contributed by atoms with Gasteiger partial charge in [0.1, 0.15) is 5.69 Å². The molecule has 1 amide bonds. The van der Waals surface area contributed by atoms with Crippen molar-refractivity contribution in [3.63, 3.8) is 0 Å². The number of hydrogen-bond acceptors (Lipinski definition) is 5. The summed E-state index contributed by atoms with van der Waals surface area (Å²) < 4.78 is 0.